The average molecular weight is 300 g/mol. The molecule has 0 radical (unpaired) electrons. The van der Waals surface area contributed by atoms with Gasteiger partial charge >= 0.3 is 12.0 Å². The van der Waals surface area contributed by atoms with Crippen LogP contribution in [-0.2, 0) is 4.79 Å². The van der Waals surface area contributed by atoms with Gasteiger partial charge in [0.1, 0.15) is 6.04 Å². The summed E-state index contributed by atoms with van der Waals surface area (Å²) in [5.74, 6) is 0.0634. The largest absolute Gasteiger partial charge is 0.480 e. The minimum atomic E-state index is -0.879. The zero-order valence-corrected chi connectivity index (χ0v) is 13.3. The second-order valence-electron chi connectivity index (χ2n) is 6.41. The molecule has 2 aliphatic heterocycles. The van der Waals surface area contributed by atoms with E-state index in [1.807, 2.05) is 23.6 Å². The third-order valence-corrected chi connectivity index (χ3v) is 5.43. The van der Waals surface area contributed by atoms with Gasteiger partial charge in [-0.1, -0.05) is 6.92 Å². The SMILES string of the molecule is CC1CCCN(C(=O)N2CCSC(C)(C)C2)C1C(=O)O. The van der Waals surface area contributed by atoms with Crippen molar-refractivity contribution in [2.24, 2.45) is 5.92 Å². The molecule has 2 saturated heterocycles. The van der Waals surface area contributed by atoms with Gasteiger partial charge in [-0.15, -0.1) is 0 Å². The molecule has 2 heterocycles. The summed E-state index contributed by atoms with van der Waals surface area (Å²) in [5, 5.41) is 9.41. The van der Waals surface area contributed by atoms with E-state index in [4.69, 9.17) is 0 Å². The fourth-order valence-electron chi connectivity index (χ4n) is 3.14. The van der Waals surface area contributed by atoms with E-state index < -0.39 is 12.0 Å². The van der Waals surface area contributed by atoms with E-state index in [2.05, 4.69) is 13.8 Å². The van der Waals surface area contributed by atoms with Gasteiger partial charge in [0.25, 0.3) is 0 Å². The van der Waals surface area contributed by atoms with Crippen LogP contribution in [0.4, 0.5) is 4.79 Å². The molecule has 2 aliphatic rings. The van der Waals surface area contributed by atoms with Gasteiger partial charge in [-0.25, -0.2) is 9.59 Å². The molecule has 0 bridgehead atoms. The fourth-order valence-corrected chi connectivity index (χ4v) is 4.25. The molecule has 0 aliphatic carbocycles. The number of carbonyl (C=O) groups excluding carboxylic acids is 1. The third-order valence-electron chi connectivity index (χ3n) is 4.13. The van der Waals surface area contributed by atoms with E-state index in [0.717, 1.165) is 18.6 Å². The smallest absolute Gasteiger partial charge is 0.326 e. The molecule has 5 nitrogen and oxygen atoms in total. The topological polar surface area (TPSA) is 60.9 Å². The van der Waals surface area contributed by atoms with Gasteiger partial charge in [0.15, 0.2) is 0 Å². The van der Waals surface area contributed by atoms with Crippen LogP contribution < -0.4 is 0 Å². The Hall–Kier alpha value is -0.910. The number of amides is 2. The average Bonchev–Trinajstić information content (AvgIpc) is 2.35. The van der Waals surface area contributed by atoms with Crippen molar-refractivity contribution in [3.8, 4) is 0 Å². The van der Waals surface area contributed by atoms with Gasteiger partial charge in [-0.2, -0.15) is 11.8 Å². The van der Waals surface area contributed by atoms with Gasteiger partial charge in [0, 0.05) is 30.1 Å². The van der Waals surface area contributed by atoms with Crippen molar-refractivity contribution in [3.63, 3.8) is 0 Å². The van der Waals surface area contributed by atoms with Crippen LogP contribution >= 0.6 is 11.8 Å². The van der Waals surface area contributed by atoms with Crippen LogP contribution in [0.15, 0.2) is 0 Å². The first-order valence-corrected chi connectivity index (χ1v) is 8.23. The Morgan fingerprint density at radius 1 is 1.30 bits per heavy atom. The maximum atomic E-state index is 12.7. The van der Waals surface area contributed by atoms with E-state index >= 15 is 0 Å². The van der Waals surface area contributed by atoms with Crippen molar-refractivity contribution in [1.82, 2.24) is 9.80 Å². The molecule has 2 fully saturated rings. The summed E-state index contributed by atoms with van der Waals surface area (Å²) in [6.07, 6.45) is 1.77. The Morgan fingerprint density at radius 2 is 2.00 bits per heavy atom. The lowest BCUT2D eigenvalue weighted by molar-refractivity contribution is -0.145. The zero-order chi connectivity index (χ0) is 14.9. The van der Waals surface area contributed by atoms with Crippen molar-refractivity contribution in [2.45, 2.75) is 44.4 Å². The second kappa shape index (κ2) is 5.84. The number of piperidine rings is 1. The Balaban J connectivity index is 2.12. The number of urea groups is 1. The van der Waals surface area contributed by atoms with Crippen LogP contribution in [0.25, 0.3) is 0 Å². The van der Waals surface area contributed by atoms with Crippen LogP contribution in [0.2, 0.25) is 0 Å². The fraction of sp³-hybridized carbons (Fsp3) is 0.857. The maximum absolute atomic E-state index is 12.7. The summed E-state index contributed by atoms with van der Waals surface area (Å²) in [6.45, 7) is 8.14. The van der Waals surface area contributed by atoms with E-state index in [9.17, 15) is 14.7 Å². The summed E-state index contributed by atoms with van der Waals surface area (Å²) in [4.78, 5) is 27.5. The monoisotopic (exact) mass is 300 g/mol. The van der Waals surface area contributed by atoms with Gasteiger partial charge in [-0.3, -0.25) is 0 Å². The third kappa shape index (κ3) is 3.22. The Bertz CT molecular complexity index is 400. The minimum absolute atomic E-state index is 0.0253. The number of nitrogens with zero attached hydrogens (tertiary/aromatic N) is 2. The number of hydrogen-bond acceptors (Lipinski definition) is 3. The van der Waals surface area contributed by atoms with Crippen molar-refractivity contribution in [1.29, 1.82) is 0 Å². The predicted octanol–water partition coefficient (Wildman–Crippen LogP) is 2.12. The molecule has 2 rings (SSSR count). The minimum Gasteiger partial charge on any atom is -0.480 e. The number of likely N-dealkylation sites (tertiary alicyclic amines) is 1. The van der Waals surface area contributed by atoms with E-state index in [1.165, 1.54) is 0 Å². The summed E-state index contributed by atoms with van der Waals surface area (Å²) < 4.78 is 0.0496. The number of hydrogen-bond donors (Lipinski definition) is 1. The Morgan fingerprint density at radius 3 is 2.60 bits per heavy atom. The van der Waals surface area contributed by atoms with Crippen molar-refractivity contribution < 1.29 is 14.7 Å². The molecule has 2 atom stereocenters. The van der Waals surface area contributed by atoms with Crippen molar-refractivity contribution in [3.05, 3.63) is 0 Å². The van der Waals surface area contributed by atoms with Gasteiger partial charge in [-0.05, 0) is 32.6 Å². The quantitative estimate of drug-likeness (QED) is 0.806. The predicted molar refractivity (Wildman–Crippen MR) is 80.0 cm³/mol. The molecule has 0 saturated carbocycles. The Labute approximate surface area is 124 Å². The molecule has 0 aromatic heterocycles. The van der Waals surface area contributed by atoms with Crippen LogP contribution in [0.1, 0.15) is 33.6 Å². The molecular weight excluding hydrogens is 276 g/mol. The van der Waals surface area contributed by atoms with Gasteiger partial charge in [0.05, 0.1) is 0 Å². The molecule has 0 aromatic carbocycles. The van der Waals surface area contributed by atoms with Crippen molar-refractivity contribution in [2.75, 3.05) is 25.4 Å². The van der Waals surface area contributed by atoms with Gasteiger partial charge < -0.3 is 14.9 Å². The van der Waals surface area contributed by atoms with Crippen LogP contribution in [0, 0.1) is 5.92 Å². The molecule has 114 valence electrons. The summed E-state index contributed by atoms with van der Waals surface area (Å²) >= 11 is 1.87. The first-order chi connectivity index (χ1) is 9.32. The number of carboxylic acids is 1. The molecule has 2 amide bonds. The van der Waals surface area contributed by atoms with Gasteiger partial charge in [0.2, 0.25) is 0 Å². The standard InChI is InChI=1S/C14H24N2O3S/c1-10-5-4-6-16(11(10)12(17)18)13(19)15-7-8-20-14(2,3)9-15/h10-11H,4-9H2,1-3H3,(H,17,18). The highest BCUT2D eigenvalue weighted by atomic mass is 32.2. The number of rotatable bonds is 1. The highest BCUT2D eigenvalue weighted by molar-refractivity contribution is 8.00. The lowest BCUT2D eigenvalue weighted by Gasteiger charge is -2.43. The zero-order valence-electron chi connectivity index (χ0n) is 12.5. The summed E-state index contributed by atoms with van der Waals surface area (Å²) in [6, 6.07) is -0.772. The highest BCUT2D eigenvalue weighted by Gasteiger charge is 2.40. The summed E-state index contributed by atoms with van der Waals surface area (Å²) in [5.41, 5.74) is 0. The summed E-state index contributed by atoms with van der Waals surface area (Å²) in [7, 11) is 0. The normalized spacial score (nSPS) is 30.1. The van der Waals surface area contributed by atoms with Crippen LogP contribution in [-0.4, -0.2) is 63.1 Å². The number of aliphatic carboxylic acids is 1. The first-order valence-electron chi connectivity index (χ1n) is 7.24. The van der Waals surface area contributed by atoms with Crippen LogP contribution in [0.5, 0.6) is 0 Å². The van der Waals surface area contributed by atoms with E-state index in [-0.39, 0.29) is 16.7 Å². The lowest BCUT2D eigenvalue weighted by Crippen LogP contribution is -2.58. The maximum Gasteiger partial charge on any atom is 0.326 e. The molecule has 1 N–H and O–H groups in total. The molecular formula is C14H24N2O3S. The van der Waals surface area contributed by atoms with Crippen LogP contribution in [0.3, 0.4) is 0 Å². The number of thioether (sulfide) groups is 1. The second-order valence-corrected chi connectivity index (χ2v) is 8.21. The first kappa shape index (κ1) is 15.5. The van der Waals surface area contributed by atoms with E-state index in [0.29, 0.717) is 19.6 Å². The molecule has 0 aromatic rings. The molecule has 2 unspecified atom stereocenters. The lowest BCUT2D eigenvalue weighted by atomic mass is 9.91. The highest BCUT2D eigenvalue weighted by Crippen LogP contribution is 2.31. The van der Waals surface area contributed by atoms with E-state index in [1.54, 1.807) is 4.90 Å². The molecule has 0 spiro atoms. The number of carboxylic acid groups (broad SMARTS) is 1. The number of carbonyl (C=O) groups is 2. The molecule has 20 heavy (non-hydrogen) atoms. The molecule has 6 heteroatoms. The Kier molecular flexibility index (Phi) is 4.52. The van der Waals surface area contributed by atoms with Crippen molar-refractivity contribution >= 4 is 23.8 Å².